The highest BCUT2D eigenvalue weighted by Crippen LogP contribution is 2.25. The number of carbonyl (C=O) groups excluding carboxylic acids is 15. The van der Waals surface area contributed by atoms with Crippen LogP contribution in [0.1, 0.15) is 94.9 Å². The fourth-order valence-corrected chi connectivity index (χ4v) is 14.6. The number of carbonyl (C=O) groups is 16. The summed E-state index contributed by atoms with van der Waals surface area (Å²) in [5.74, 6) is -18.6. The molecule has 0 unspecified atom stereocenters. The number of nitrogens with two attached hydrogens (primary N) is 3. The van der Waals surface area contributed by atoms with Crippen LogP contribution in [-0.2, 0) is 102 Å². The SMILES string of the molecule is CC(=O)N[C@@H](C)C(=O)NCC(=O)N[C@H]1CSSC[C@@H](C(=O)O)NC(=O)[C@H](CO)NC(=O)[C@H]([C@@H](C)O)NC(=O)[C@H](Cc2ccccc2)NC(=O)[C@H]([C@@H](C)O)NC(=O)[C@H](CCCCN)NC(=O)[C@H](Cc2c[nH]c3ccccc23)NC(=O)[C@H](Cc2ccccc2)NC(=O)[C@H](Cc2ccccc2)NC(=O)[C@H](CC(N)=O)NC(=O)[C@H](CCCCN)NC1=O. The lowest BCUT2D eigenvalue weighted by molar-refractivity contribution is -0.142. The molecule has 1 saturated heterocycles. The van der Waals surface area contributed by atoms with Crippen LogP contribution in [0.3, 0.4) is 0 Å². The van der Waals surface area contributed by atoms with E-state index in [2.05, 4.69) is 79.4 Å². The second kappa shape index (κ2) is 48.8. The lowest BCUT2D eigenvalue weighted by Gasteiger charge is -2.29. The van der Waals surface area contributed by atoms with Crippen molar-refractivity contribution in [3.63, 3.8) is 0 Å². The standard InChI is InChI=1S/C78H106N18O20S2/c1-42(84-45(4)100)66(103)83-38-63(102)85-60-40-117-118-41-61(78(115)116)94-74(111)59(39-97)93-77(114)65(44(3)99)96-73(110)56(34-48-24-12-7-13-25-48)92-76(113)64(43(2)98)95-68(105)53(29-17-19-31-80)86-71(108)57(35-49-37-82-51-27-15-14-26-50(49)51)90-70(107)55(33-47-22-10-6-11-23-47)88-69(106)54(32-46-20-8-5-9-21-46)89-72(109)58(36-62(81)101)91-67(104)52(87-75(60)112)28-16-18-30-79/h5-15,20-27,37,42-44,52-61,64-65,82,97-99H,16-19,28-36,38-41,79-80H2,1-4H3,(H2,81,101)(H,83,103)(H,84,100)(H,85,102)(H,86,108)(H,87,112)(H,88,106)(H,89,109)(H,90,107)(H,91,104)(H,92,113)(H,93,114)(H,94,111)(H,95,105)(H,96,110)(H,115,116)/t42-,43+,44+,52-,53-,54-,55-,56-,57-,58-,59-,60-,61-,64-,65-/m0/s1. The molecule has 4 aromatic carbocycles. The maximum absolute atomic E-state index is 15.4. The van der Waals surface area contributed by atoms with Crippen LogP contribution in [0.4, 0.5) is 0 Å². The molecule has 0 saturated carbocycles. The average Bonchev–Trinajstić information content (AvgIpc) is 1.62. The lowest BCUT2D eigenvalue weighted by Crippen LogP contribution is -2.63. The smallest absolute Gasteiger partial charge is 0.327 e. The number of benzene rings is 4. The Hall–Kier alpha value is -11.6. The van der Waals surface area contributed by atoms with Crippen molar-refractivity contribution in [2.24, 2.45) is 17.2 Å². The van der Waals surface area contributed by atoms with Crippen LogP contribution in [-0.4, -0.2) is 248 Å². The van der Waals surface area contributed by atoms with E-state index in [0.717, 1.165) is 31.6 Å². The predicted octanol–water partition coefficient (Wildman–Crippen LogP) is -4.74. The van der Waals surface area contributed by atoms with Crippen LogP contribution in [0.25, 0.3) is 10.9 Å². The van der Waals surface area contributed by atoms with Crippen molar-refractivity contribution in [3.05, 3.63) is 144 Å². The van der Waals surface area contributed by atoms with Gasteiger partial charge in [-0.25, -0.2) is 4.79 Å². The van der Waals surface area contributed by atoms with E-state index in [1.165, 1.54) is 6.92 Å². The third-order valence-electron chi connectivity index (χ3n) is 18.7. The van der Waals surface area contributed by atoms with Crippen molar-refractivity contribution in [1.82, 2.24) is 79.4 Å². The van der Waals surface area contributed by atoms with Crippen molar-refractivity contribution < 1.29 is 97.1 Å². The Balaban J connectivity index is 1.47. The minimum atomic E-state index is -2.00. The largest absolute Gasteiger partial charge is 0.480 e. The van der Waals surface area contributed by atoms with Gasteiger partial charge < -0.3 is 117 Å². The Morgan fingerprint density at radius 3 is 1.32 bits per heavy atom. The summed E-state index contributed by atoms with van der Waals surface area (Å²) in [6, 6.07) is 9.25. The molecular weight excluding hydrogens is 1570 g/mol. The fourth-order valence-electron chi connectivity index (χ4n) is 12.3. The van der Waals surface area contributed by atoms with Crippen molar-refractivity contribution in [1.29, 1.82) is 0 Å². The molecule has 25 N–H and O–H groups in total. The molecule has 1 aliphatic heterocycles. The number of carboxylic acid groups (broad SMARTS) is 1. The number of aliphatic carboxylic acids is 1. The zero-order chi connectivity index (χ0) is 86.5. The summed E-state index contributed by atoms with van der Waals surface area (Å²) in [6.45, 7) is 2.91. The lowest BCUT2D eigenvalue weighted by atomic mass is 10.00. The topological polar surface area (TPSA) is 616 Å². The number of hydrogen-bond acceptors (Lipinski definition) is 23. The number of H-pyrrole nitrogens is 1. The molecular formula is C78H106N18O20S2. The molecule has 0 bridgehead atoms. The molecule has 0 aliphatic carbocycles. The third-order valence-corrected chi connectivity index (χ3v) is 21.1. The zero-order valence-corrected chi connectivity index (χ0v) is 67.2. The highest BCUT2D eigenvalue weighted by atomic mass is 33.1. The molecule has 6 rings (SSSR count). The van der Waals surface area contributed by atoms with E-state index < -0.39 is 216 Å². The van der Waals surface area contributed by atoms with E-state index in [-0.39, 0.29) is 70.9 Å². The Morgan fingerprint density at radius 1 is 0.475 bits per heavy atom. The summed E-state index contributed by atoms with van der Waals surface area (Å²) in [4.78, 5) is 230. The molecule has 1 fully saturated rings. The van der Waals surface area contributed by atoms with Crippen molar-refractivity contribution in [2.45, 2.75) is 189 Å². The zero-order valence-electron chi connectivity index (χ0n) is 65.6. The van der Waals surface area contributed by atoms with Crippen LogP contribution in [0.2, 0.25) is 0 Å². The number of rotatable bonds is 27. The van der Waals surface area contributed by atoms with Gasteiger partial charge in [-0.3, -0.25) is 71.9 Å². The predicted molar refractivity (Wildman–Crippen MR) is 435 cm³/mol. The van der Waals surface area contributed by atoms with Gasteiger partial charge in [-0.2, -0.15) is 0 Å². The molecule has 15 atom stereocenters. The number of aromatic amines is 1. The molecule has 0 radical (unpaired) electrons. The van der Waals surface area contributed by atoms with Gasteiger partial charge in [-0.15, -0.1) is 0 Å². The van der Waals surface area contributed by atoms with Gasteiger partial charge in [0.1, 0.15) is 78.5 Å². The number of aliphatic hydroxyl groups is 3. The summed E-state index contributed by atoms with van der Waals surface area (Å²) in [6.07, 6.45) is -3.61. The number of aliphatic hydroxyl groups excluding tert-OH is 3. The van der Waals surface area contributed by atoms with Gasteiger partial charge in [0.05, 0.1) is 31.8 Å². The monoisotopic (exact) mass is 1680 g/mol. The van der Waals surface area contributed by atoms with E-state index in [4.69, 9.17) is 17.2 Å². The molecule has 2 heterocycles. The minimum Gasteiger partial charge on any atom is -0.480 e. The maximum Gasteiger partial charge on any atom is 0.327 e. The third kappa shape index (κ3) is 31.5. The Kier molecular flexibility index (Phi) is 39.4. The van der Waals surface area contributed by atoms with E-state index in [1.54, 1.807) is 121 Å². The number of amides is 15. The number of nitrogens with one attached hydrogen (secondary N) is 15. The van der Waals surface area contributed by atoms with Crippen LogP contribution in [0.15, 0.2) is 121 Å². The Bertz CT molecular complexity index is 4260. The van der Waals surface area contributed by atoms with E-state index in [0.29, 0.717) is 50.4 Å². The molecule has 38 nitrogen and oxygen atoms in total. The number of hydrogen-bond donors (Lipinski definition) is 22. The van der Waals surface area contributed by atoms with Crippen LogP contribution in [0.5, 0.6) is 0 Å². The summed E-state index contributed by atoms with van der Waals surface area (Å²) in [5.41, 5.74) is 19.9. The first-order chi connectivity index (χ1) is 56.3. The number of para-hydroxylation sites is 1. The van der Waals surface area contributed by atoms with E-state index in [9.17, 15) is 82.8 Å². The van der Waals surface area contributed by atoms with Gasteiger partial charge >= 0.3 is 5.97 Å². The fraction of sp³-hybridized carbons (Fsp3) is 0.462. The number of primary amides is 1. The van der Waals surface area contributed by atoms with Crippen LogP contribution in [0, 0.1) is 0 Å². The molecule has 118 heavy (non-hydrogen) atoms. The summed E-state index contributed by atoms with van der Waals surface area (Å²) >= 11 is 0. The van der Waals surface area contributed by atoms with E-state index >= 15 is 14.4 Å². The first kappa shape index (κ1) is 95.3. The molecule has 1 aromatic heterocycles. The first-order valence-corrected chi connectivity index (χ1v) is 40.8. The number of carboxylic acids is 1. The minimum absolute atomic E-state index is 0.0891. The second-order valence-electron chi connectivity index (χ2n) is 28.2. The summed E-state index contributed by atoms with van der Waals surface area (Å²) in [5, 5.41) is 78.5. The average molecular weight is 1680 g/mol. The maximum atomic E-state index is 15.4. The molecule has 1 aliphatic rings. The number of aromatic nitrogens is 1. The van der Waals surface area contributed by atoms with Crippen molar-refractivity contribution >= 4 is 127 Å². The van der Waals surface area contributed by atoms with Gasteiger partial charge in [-0.1, -0.05) is 131 Å². The highest BCUT2D eigenvalue weighted by molar-refractivity contribution is 8.76. The van der Waals surface area contributed by atoms with Gasteiger partial charge in [0.2, 0.25) is 88.6 Å². The van der Waals surface area contributed by atoms with Crippen molar-refractivity contribution in [3.8, 4) is 0 Å². The highest BCUT2D eigenvalue weighted by Gasteiger charge is 2.40. The van der Waals surface area contributed by atoms with Crippen LogP contribution < -0.4 is 91.6 Å². The van der Waals surface area contributed by atoms with Crippen LogP contribution >= 0.6 is 21.6 Å². The quantitative estimate of drug-likeness (QED) is 0.0173. The van der Waals surface area contributed by atoms with Gasteiger partial charge in [0, 0.05) is 61.2 Å². The van der Waals surface area contributed by atoms with Gasteiger partial charge in [0.15, 0.2) is 0 Å². The molecule has 640 valence electrons. The molecule has 40 heteroatoms. The van der Waals surface area contributed by atoms with E-state index in [1.807, 2.05) is 0 Å². The summed E-state index contributed by atoms with van der Waals surface area (Å²) in [7, 11) is 1.45. The Labute approximate surface area is 688 Å². The normalized spacial score (nSPS) is 23.4. The molecule has 15 amide bonds. The van der Waals surface area contributed by atoms with Gasteiger partial charge in [-0.05, 0) is 101 Å². The number of unbranched alkanes of at least 4 members (excludes halogenated alkanes) is 2. The second-order valence-corrected chi connectivity index (χ2v) is 30.8. The molecule has 0 spiro atoms. The summed E-state index contributed by atoms with van der Waals surface area (Å²) < 4.78 is 0. The van der Waals surface area contributed by atoms with Crippen molar-refractivity contribution in [2.75, 3.05) is 37.7 Å². The number of fused-ring (bicyclic) bond motifs is 1. The first-order valence-electron chi connectivity index (χ1n) is 38.3. The van der Waals surface area contributed by atoms with Gasteiger partial charge in [0.25, 0.3) is 0 Å². The molecule has 5 aromatic rings. The Morgan fingerprint density at radius 2 is 0.864 bits per heavy atom.